The van der Waals surface area contributed by atoms with E-state index in [0.29, 0.717) is 24.5 Å². The highest BCUT2D eigenvalue weighted by Gasteiger charge is 2.29. The molecule has 0 aromatic rings. The topological polar surface area (TPSA) is 129 Å². The van der Waals surface area contributed by atoms with Crippen molar-refractivity contribution in [3.8, 4) is 0 Å². The van der Waals surface area contributed by atoms with Crippen molar-refractivity contribution in [2.24, 2.45) is 16.2 Å². The van der Waals surface area contributed by atoms with E-state index in [1.54, 1.807) is 27.7 Å². The number of aliphatic hydroxyl groups excluding tert-OH is 1. The van der Waals surface area contributed by atoms with Crippen molar-refractivity contribution in [1.29, 1.82) is 0 Å². The van der Waals surface area contributed by atoms with Crippen LogP contribution in [0.2, 0.25) is 0 Å². The molecule has 0 aromatic carbocycles. The summed E-state index contributed by atoms with van der Waals surface area (Å²) in [5.74, 6) is -0.218. The smallest absolute Gasteiger partial charge is 0.312 e. The van der Waals surface area contributed by atoms with Gasteiger partial charge in [0.15, 0.2) is 0 Å². The lowest BCUT2D eigenvalue weighted by Crippen LogP contribution is -2.31. The van der Waals surface area contributed by atoms with Crippen LogP contribution in [-0.2, 0) is 38.1 Å². The fraction of sp³-hybridized carbons (Fsp3) is 0.857. The van der Waals surface area contributed by atoms with Crippen LogP contribution in [0.1, 0.15) is 74.7 Å². The van der Waals surface area contributed by atoms with Crippen molar-refractivity contribution in [3.05, 3.63) is 0 Å². The van der Waals surface area contributed by atoms with Gasteiger partial charge in [0.05, 0.1) is 29.8 Å². The van der Waals surface area contributed by atoms with Crippen LogP contribution in [-0.4, -0.2) is 99.1 Å². The fourth-order valence-electron chi connectivity index (χ4n) is 2.30. The number of likely N-dealkylation sites (N-methyl/N-ethyl adjacent to an activating group) is 1. The molecule has 0 heterocycles. The lowest BCUT2D eigenvalue weighted by atomic mass is 9.91. The predicted molar refractivity (Wildman–Crippen MR) is 153 cm³/mol. The second-order valence-corrected chi connectivity index (χ2v) is 12.6. The molecule has 1 N–H and O–H groups in total. The highest BCUT2D eigenvalue weighted by molar-refractivity contribution is 7.99. The van der Waals surface area contributed by atoms with E-state index in [1.807, 2.05) is 46.7 Å². The third-order valence-corrected chi connectivity index (χ3v) is 7.56. The van der Waals surface area contributed by atoms with Gasteiger partial charge in [0, 0.05) is 18.1 Å². The summed E-state index contributed by atoms with van der Waals surface area (Å²) in [5.41, 5.74) is -1.56. The molecule has 0 radical (unpaired) electrons. The lowest BCUT2D eigenvalue weighted by Gasteiger charge is -2.21. The van der Waals surface area contributed by atoms with E-state index in [9.17, 15) is 24.3 Å². The standard InChI is InChI=1S/C18H32O7S.C10H21NO2/c1-7-17(2,3)16(22)25-11-13(19)10-24-14(20)8-9-26-12-18(4,5)15(21)23-6;1-6-10(2,3)9(12)13-8-7-11(4)5/h13,19H,7-12H2,1-6H3;6-8H2,1-5H3. The maximum Gasteiger partial charge on any atom is 0.312 e. The number of hydrogen-bond acceptors (Lipinski definition) is 11. The molecule has 0 saturated heterocycles. The van der Waals surface area contributed by atoms with Crippen molar-refractivity contribution in [1.82, 2.24) is 4.90 Å². The van der Waals surface area contributed by atoms with Gasteiger partial charge < -0.3 is 29.0 Å². The van der Waals surface area contributed by atoms with Gasteiger partial charge in [0.2, 0.25) is 0 Å². The van der Waals surface area contributed by atoms with Crippen molar-refractivity contribution in [2.45, 2.75) is 80.8 Å². The molecule has 0 aliphatic heterocycles. The summed E-state index contributed by atoms with van der Waals surface area (Å²) in [5, 5.41) is 9.74. The first-order valence-electron chi connectivity index (χ1n) is 13.3. The van der Waals surface area contributed by atoms with Gasteiger partial charge in [-0.2, -0.15) is 11.8 Å². The first kappa shape index (κ1) is 39.3. The molecule has 0 rings (SSSR count). The van der Waals surface area contributed by atoms with E-state index in [0.717, 1.165) is 13.0 Å². The van der Waals surface area contributed by atoms with Crippen LogP contribution < -0.4 is 0 Å². The van der Waals surface area contributed by atoms with E-state index < -0.39 is 28.9 Å². The van der Waals surface area contributed by atoms with Crippen LogP contribution in [0.3, 0.4) is 0 Å². The Hall–Kier alpha value is -1.85. The minimum absolute atomic E-state index is 0.100. The fourth-order valence-corrected chi connectivity index (χ4v) is 3.38. The van der Waals surface area contributed by atoms with Gasteiger partial charge in [-0.25, -0.2) is 0 Å². The van der Waals surface area contributed by atoms with E-state index >= 15 is 0 Å². The van der Waals surface area contributed by atoms with Crippen LogP contribution >= 0.6 is 11.8 Å². The van der Waals surface area contributed by atoms with Gasteiger partial charge in [0.25, 0.3) is 0 Å². The zero-order valence-electron chi connectivity index (χ0n) is 26.0. The molecule has 0 aliphatic rings. The van der Waals surface area contributed by atoms with Gasteiger partial charge in [0.1, 0.15) is 25.9 Å². The second-order valence-electron chi connectivity index (χ2n) is 11.5. The number of thioether (sulfide) groups is 1. The molecular formula is C28H53NO9S. The largest absolute Gasteiger partial charge is 0.469 e. The summed E-state index contributed by atoms with van der Waals surface area (Å²) in [6, 6.07) is 0. The third kappa shape index (κ3) is 18.2. The molecule has 1 unspecified atom stereocenters. The molecule has 11 heteroatoms. The number of ether oxygens (including phenoxy) is 4. The zero-order valence-corrected chi connectivity index (χ0v) is 26.8. The quantitative estimate of drug-likeness (QED) is 0.154. The van der Waals surface area contributed by atoms with Crippen molar-refractivity contribution >= 4 is 35.6 Å². The Balaban J connectivity index is 0. The molecule has 0 fully saturated rings. The van der Waals surface area contributed by atoms with Crippen LogP contribution in [0.4, 0.5) is 0 Å². The number of hydrogen-bond donors (Lipinski definition) is 1. The van der Waals surface area contributed by atoms with Gasteiger partial charge in [-0.15, -0.1) is 0 Å². The summed E-state index contributed by atoms with van der Waals surface area (Å²) in [7, 11) is 5.26. The van der Waals surface area contributed by atoms with Crippen LogP contribution in [0, 0.1) is 16.2 Å². The molecule has 1 atom stereocenters. The molecule has 0 amide bonds. The Labute approximate surface area is 239 Å². The van der Waals surface area contributed by atoms with Gasteiger partial charge in [-0.1, -0.05) is 13.8 Å². The predicted octanol–water partition coefficient (Wildman–Crippen LogP) is 3.72. The molecule has 10 nitrogen and oxygen atoms in total. The zero-order chi connectivity index (χ0) is 30.9. The van der Waals surface area contributed by atoms with Crippen LogP contribution in [0.25, 0.3) is 0 Å². The minimum atomic E-state index is -1.05. The average molecular weight is 580 g/mol. The van der Waals surface area contributed by atoms with Gasteiger partial charge in [-0.05, 0) is 68.5 Å². The number of nitrogens with zero attached hydrogens (tertiary/aromatic N) is 1. The van der Waals surface area contributed by atoms with E-state index in [1.165, 1.54) is 18.9 Å². The van der Waals surface area contributed by atoms with Gasteiger partial charge in [-0.3, -0.25) is 19.2 Å². The summed E-state index contributed by atoms with van der Waals surface area (Å²) in [6.07, 6.45) is 0.549. The highest BCUT2D eigenvalue weighted by atomic mass is 32.2. The number of carbonyl (C=O) groups is 4. The summed E-state index contributed by atoms with van der Waals surface area (Å²) in [6.45, 7) is 15.6. The lowest BCUT2D eigenvalue weighted by molar-refractivity contribution is -0.160. The first-order chi connectivity index (χ1) is 17.9. The summed E-state index contributed by atoms with van der Waals surface area (Å²) in [4.78, 5) is 48.4. The number of carbonyl (C=O) groups excluding carboxylic acids is 4. The van der Waals surface area contributed by atoms with Crippen LogP contribution in [0.15, 0.2) is 0 Å². The number of aliphatic hydroxyl groups is 1. The van der Waals surface area contributed by atoms with E-state index in [2.05, 4.69) is 0 Å². The molecule has 0 aliphatic carbocycles. The summed E-state index contributed by atoms with van der Waals surface area (Å²) >= 11 is 1.45. The van der Waals surface area contributed by atoms with Crippen LogP contribution in [0.5, 0.6) is 0 Å². The maximum atomic E-state index is 11.8. The molecule has 0 spiro atoms. The van der Waals surface area contributed by atoms with Crippen molar-refractivity contribution in [3.63, 3.8) is 0 Å². The minimum Gasteiger partial charge on any atom is -0.469 e. The third-order valence-electron chi connectivity index (χ3n) is 6.14. The Morgan fingerprint density at radius 2 is 1.28 bits per heavy atom. The van der Waals surface area contributed by atoms with Crippen molar-refractivity contribution in [2.75, 3.05) is 59.1 Å². The Morgan fingerprint density at radius 3 is 1.74 bits per heavy atom. The number of methoxy groups -OCH3 is 1. The maximum absolute atomic E-state index is 11.8. The highest BCUT2D eigenvalue weighted by Crippen LogP contribution is 2.24. The monoisotopic (exact) mass is 579 g/mol. The SMILES string of the molecule is CCC(C)(C)C(=O)OCC(O)COC(=O)CCSCC(C)(C)C(=O)OC.CCC(C)(C)C(=O)OCCN(C)C. The van der Waals surface area contributed by atoms with E-state index in [4.69, 9.17) is 18.9 Å². The Morgan fingerprint density at radius 1 is 0.795 bits per heavy atom. The molecule has 0 aromatic heterocycles. The Bertz CT molecular complexity index is 751. The van der Waals surface area contributed by atoms with Crippen molar-refractivity contribution < 1.29 is 43.2 Å². The molecule has 39 heavy (non-hydrogen) atoms. The number of esters is 4. The molecular weight excluding hydrogens is 526 g/mol. The summed E-state index contributed by atoms with van der Waals surface area (Å²) < 4.78 is 19.8. The molecule has 0 bridgehead atoms. The Kier molecular flexibility index (Phi) is 19.4. The molecule has 0 saturated carbocycles. The molecule has 230 valence electrons. The second kappa shape index (κ2) is 19.3. The normalized spacial score (nSPS) is 12.6. The average Bonchev–Trinajstić information content (AvgIpc) is 2.87. The first-order valence-corrected chi connectivity index (χ1v) is 14.5. The van der Waals surface area contributed by atoms with E-state index in [-0.39, 0.29) is 37.0 Å². The number of rotatable bonds is 17. The van der Waals surface area contributed by atoms with Gasteiger partial charge >= 0.3 is 23.9 Å².